The summed E-state index contributed by atoms with van der Waals surface area (Å²) < 4.78 is 26.4. The van der Waals surface area contributed by atoms with E-state index >= 15 is 0 Å². The third-order valence-corrected chi connectivity index (χ3v) is 7.75. The van der Waals surface area contributed by atoms with E-state index in [-0.39, 0.29) is 5.75 Å². The Balaban J connectivity index is 1.46. The van der Waals surface area contributed by atoms with Gasteiger partial charge in [0, 0.05) is 61.3 Å². The molecule has 3 N–H and O–H groups in total. The summed E-state index contributed by atoms with van der Waals surface area (Å²) in [5.74, 6) is 2.47. The largest absolute Gasteiger partial charge is 0.358 e. The number of aromatic amines is 1. The molecular formula is C19H29N5O2S2. The molecule has 3 rings (SSSR count). The average Bonchev–Trinajstić information content (AvgIpc) is 3.02. The first-order valence-corrected chi connectivity index (χ1v) is 12.3. The third kappa shape index (κ3) is 5.21. The molecule has 0 saturated carbocycles. The fourth-order valence-corrected chi connectivity index (χ4v) is 5.93. The van der Waals surface area contributed by atoms with Crippen LogP contribution in [0.2, 0.25) is 0 Å². The van der Waals surface area contributed by atoms with E-state index in [2.05, 4.69) is 45.7 Å². The van der Waals surface area contributed by atoms with Gasteiger partial charge in [-0.2, -0.15) is 11.8 Å². The molecule has 0 radical (unpaired) electrons. The highest BCUT2D eigenvalue weighted by molar-refractivity contribution is 7.99. The summed E-state index contributed by atoms with van der Waals surface area (Å²) in [5, 5.41) is 7.64. The number of thioether (sulfide) groups is 1. The Morgan fingerprint density at radius 2 is 1.93 bits per heavy atom. The van der Waals surface area contributed by atoms with Crippen molar-refractivity contribution in [2.45, 2.75) is 13.3 Å². The van der Waals surface area contributed by atoms with Gasteiger partial charge in [-0.3, -0.25) is 4.99 Å². The number of sulfonamides is 1. The molecule has 1 aromatic heterocycles. The molecule has 0 unspecified atom stereocenters. The van der Waals surface area contributed by atoms with Crippen molar-refractivity contribution in [3.05, 3.63) is 35.5 Å². The second kappa shape index (κ2) is 9.67. The molecule has 28 heavy (non-hydrogen) atoms. The van der Waals surface area contributed by atoms with Gasteiger partial charge in [-0.1, -0.05) is 18.2 Å². The number of aromatic nitrogens is 1. The maximum atomic E-state index is 12.4. The molecule has 1 aromatic carbocycles. The number of guanidine groups is 1. The topological polar surface area (TPSA) is 89.6 Å². The van der Waals surface area contributed by atoms with Gasteiger partial charge in [0.15, 0.2) is 5.96 Å². The highest BCUT2D eigenvalue weighted by Gasteiger charge is 2.23. The lowest BCUT2D eigenvalue weighted by Crippen LogP contribution is -2.44. The van der Waals surface area contributed by atoms with Gasteiger partial charge in [0.2, 0.25) is 10.0 Å². The van der Waals surface area contributed by atoms with Gasteiger partial charge in [-0.05, 0) is 25.0 Å². The van der Waals surface area contributed by atoms with Crippen molar-refractivity contribution in [2.75, 3.05) is 50.5 Å². The van der Waals surface area contributed by atoms with Crippen molar-refractivity contribution in [1.82, 2.24) is 19.9 Å². The van der Waals surface area contributed by atoms with E-state index in [1.54, 1.807) is 23.1 Å². The lowest BCUT2D eigenvalue weighted by molar-refractivity contribution is 0.443. The van der Waals surface area contributed by atoms with Gasteiger partial charge in [-0.15, -0.1) is 0 Å². The second-order valence-electron chi connectivity index (χ2n) is 6.78. The van der Waals surface area contributed by atoms with Crippen LogP contribution in [0.25, 0.3) is 10.9 Å². The van der Waals surface area contributed by atoms with Gasteiger partial charge in [-0.25, -0.2) is 12.7 Å². The van der Waals surface area contributed by atoms with Gasteiger partial charge in [0.05, 0.1) is 5.75 Å². The summed E-state index contributed by atoms with van der Waals surface area (Å²) in [6.45, 7) is 4.39. The van der Waals surface area contributed by atoms with Crippen LogP contribution in [-0.4, -0.2) is 74.2 Å². The van der Waals surface area contributed by atoms with E-state index in [0.29, 0.717) is 25.6 Å². The minimum absolute atomic E-state index is 0.0833. The minimum atomic E-state index is -3.20. The van der Waals surface area contributed by atoms with E-state index in [1.807, 2.05) is 6.07 Å². The van der Waals surface area contributed by atoms with Crippen molar-refractivity contribution in [2.24, 2.45) is 4.99 Å². The quantitative estimate of drug-likeness (QED) is 0.465. The highest BCUT2D eigenvalue weighted by Crippen LogP contribution is 2.21. The van der Waals surface area contributed by atoms with Crippen molar-refractivity contribution in [3.8, 4) is 0 Å². The molecule has 1 aliphatic heterocycles. The van der Waals surface area contributed by atoms with Crippen LogP contribution in [0, 0.1) is 6.92 Å². The van der Waals surface area contributed by atoms with Gasteiger partial charge >= 0.3 is 0 Å². The van der Waals surface area contributed by atoms with Crippen molar-refractivity contribution < 1.29 is 8.42 Å². The molecule has 0 bridgehead atoms. The number of aryl methyl sites for hydroxylation is 1. The van der Waals surface area contributed by atoms with E-state index in [1.165, 1.54) is 16.6 Å². The molecule has 2 heterocycles. The van der Waals surface area contributed by atoms with Crippen LogP contribution < -0.4 is 10.6 Å². The number of benzene rings is 1. The molecule has 1 fully saturated rings. The average molecular weight is 424 g/mol. The zero-order valence-corrected chi connectivity index (χ0v) is 18.1. The first-order valence-electron chi connectivity index (χ1n) is 9.57. The predicted molar refractivity (Wildman–Crippen MR) is 119 cm³/mol. The summed E-state index contributed by atoms with van der Waals surface area (Å²) >= 11 is 1.80. The van der Waals surface area contributed by atoms with Crippen LogP contribution in [0.1, 0.15) is 11.3 Å². The number of aliphatic imine (C=N–C) groups is 1. The van der Waals surface area contributed by atoms with Gasteiger partial charge in [0.25, 0.3) is 0 Å². The molecule has 0 spiro atoms. The number of H-pyrrole nitrogens is 1. The van der Waals surface area contributed by atoms with E-state index in [9.17, 15) is 8.42 Å². The Hall–Kier alpha value is -1.71. The van der Waals surface area contributed by atoms with Crippen molar-refractivity contribution >= 4 is 38.6 Å². The summed E-state index contributed by atoms with van der Waals surface area (Å²) in [4.78, 5) is 7.61. The molecule has 1 saturated heterocycles. The van der Waals surface area contributed by atoms with Crippen LogP contribution in [-0.2, 0) is 16.4 Å². The Kier molecular flexibility index (Phi) is 7.25. The van der Waals surface area contributed by atoms with Crippen LogP contribution in [0.4, 0.5) is 0 Å². The molecular weight excluding hydrogens is 394 g/mol. The first kappa shape index (κ1) is 21.0. The van der Waals surface area contributed by atoms with Crippen molar-refractivity contribution in [3.63, 3.8) is 0 Å². The Labute approximate surface area is 171 Å². The fourth-order valence-electron chi connectivity index (χ4n) is 3.44. The molecule has 1 aliphatic rings. The number of fused-ring (bicyclic) bond motifs is 1. The van der Waals surface area contributed by atoms with Crippen LogP contribution in [0.5, 0.6) is 0 Å². The minimum Gasteiger partial charge on any atom is -0.358 e. The normalized spacial score (nSPS) is 16.4. The Bertz CT molecular complexity index is 918. The fraction of sp³-hybridized carbons (Fsp3) is 0.526. The maximum absolute atomic E-state index is 12.4. The predicted octanol–water partition coefficient (Wildman–Crippen LogP) is 1.56. The monoisotopic (exact) mass is 423 g/mol. The number of rotatable bonds is 7. The first-order chi connectivity index (χ1) is 13.5. The summed E-state index contributed by atoms with van der Waals surface area (Å²) in [6.07, 6.45) is 0.861. The number of nitrogens with one attached hydrogen (secondary N) is 3. The van der Waals surface area contributed by atoms with Gasteiger partial charge in [0.1, 0.15) is 0 Å². The number of nitrogens with zero attached hydrogens (tertiary/aromatic N) is 2. The SMILES string of the molecule is CN=C(NCCc1c(C)[nH]c2ccccc12)NCCS(=O)(=O)N1CCSCC1. The number of para-hydroxylation sites is 1. The Morgan fingerprint density at radius 1 is 1.21 bits per heavy atom. The summed E-state index contributed by atoms with van der Waals surface area (Å²) in [5.41, 5.74) is 3.62. The summed E-state index contributed by atoms with van der Waals surface area (Å²) in [6, 6.07) is 8.30. The highest BCUT2D eigenvalue weighted by atomic mass is 32.2. The summed E-state index contributed by atoms with van der Waals surface area (Å²) in [7, 11) is -1.51. The van der Waals surface area contributed by atoms with Gasteiger partial charge < -0.3 is 15.6 Å². The van der Waals surface area contributed by atoms with Crippen LogP contribution >= 0.6 is 11.8 Å². The van der Waals surface area contributed by atoms with E-state index in [0.717, 1.165) is 30.0 Å². The molecule has 0 amide bonds. The third-order valence-electron chi connectivity index (χ3n) is 4.93. The lowest BCUT2D eigenvalue weighted by Gasteiger charge is -2.25. The Morgan fingerprint density at radius 3 is 2.68 bits per heavy atom. The van der Waals surface area contributed by atoms with Crippen LogP contribution in [0.3, 0.4) is 0 Å². The van der Waals surface area contributed by atoms with Crippen molar-refractivity contribution in [1.29, 1.82) is 0 Å². The van der Waals surface area contributed by atoms with Crippen LogP contribution in [0.15, 0.2) is 29.3 Å². The molecule has 154 valence electrons. The van der Waals surface area contributed by atoms with E-state index in [4.69, 9.17) is 0 Å². The zero-order valence-electron chi connectivity index (χ0n) is 16.5. The molecule has 0 atom stereocenters. The maximum Gasteiger partial charge on any atom is 0.215 e. The second-order valence-corrected chi connectivity index (χ2v) is 10.1. The molecule has 0 aliphatic carbocycles. The molecule has 2 aromatic rings. The standard InChI is InChI=1S/C19H29N5O2S2/c1-15-16(17-5-3-4-6-18(17)23-15)7-8-21-19(20-2)22-9-14-28(25,26)24-10-12-27-13-11-24/h3-6,23H,7-14H2,1-2H3,(H2,20,21,22). The van der Waals surface area contributed by atoms with E-state index < -0.39 is 10.0 Å². The number of hydrogen-bond donors (Lipinski definition) is 3. The smallest absolute Gasteiger partial charge is 0.215 e. The zero-order chi connectivity index (χ0) is 20.0. The molecule has 7 nitrogen and oxygen atoms in total. The lowest BCUT2D eigenvalue weighted by atomic mass is 10.1. The number of hydrogen-bond acceptors (Lipinski definition) is 4. The molecule has 9 heteroatoms.